The number of carbonyl (C=O) groups is 1. The Morgan fingerprint density at radius 1 is 1.13 bits per heavy atom. The molecule has 1 aromatic carbocycles. The smallest absolute Gasteiger partial charge is 0.253 e. The topological polar surface area (TPSA) is 67.4 Å². The molecule has 0 unspecified atom stereocenters. The third-order valence-corrected chi connectivity index (χ3v) is 5.43. The molecule has 1 amide bonds. The number of aromatic nitrogens is 2. The van der Waals surface area contributed by atoms with Crippen LogP contribution in [-0.4, -0.2) is 53.1 Å². The largest absolute Gasteiger partial charge is 0.362 e. The summed E-state index contributed by atoms with van der Waals surface area (Å²) < 4.78 is 6.15. The van der Waals surface area contributed by atoms with Crippen molar-refractivity contribution in [2.75, 3.05) is 26.7 Å². The summed E-state index contributed by atoms with van der Waals surface area (Å²) in [5.41, 5.74) is 3.24. The van der Waals surface area contributed by atoms with Crippen molar-refractivity contribution in [2.45, 2.75) is 18.6 Å². The van der Waals surface area contributed by atoms with Crippen LogP contribution in [0, 0.1) is 0 Å². The highest BCUT2D eigenvalue weighted by Crippen LogP contribution is 2.27. The molecule has 2 aromatic heterocycles. The van der Waals surface area contributed by atoms with Crippen LogP contribution in [0.4, 0.5) is 0 Å². The van der Waals surface area contributed by atoms with Gasteiger partial charge in [0, 0.05) is 51.7 Å². The Hall–Kier alpha value is -3.09. The SMILES string of the molecule is CNC(=O)[C@]1(Cc2cccc(-c3cccnc3)c2)CN(Cc2ccccn2)CCO1. The molecule has 0 radical (unpaired) electrons. The van der Waals surface area contributed by atoms with E-state index in [-0.39, 0.29) is 5.91 Å². The van der Waals surface area contributed by atoms with E-state index < -0.39 is 5.60 Å². The summed E-state index contributed by atoms with van der Waals surface area (Å²) in [6.45, 7) is 2.48. The molecule has 3 heterocycles. The average molecular weight is 402 g/mol. The molecule has 0 aliphatic carbocycles. The Morgan fingerprint density at radius 2 is 2.03 bits per heavy atom. The van der Waals surface area contributed by atoms with Crippen LogP contribution >= 0.6 is 0 Å². The normalized spacial score (nSPS) is 19.4. The van der Waals surface area contributed by atoms with E-state index in [4.69, 9.17) is 4.74 Å². The van der Waals surface area contributed by atoms with Gasteiger partial charge in [0.2, 0.25) is 0 Å². The fourth-order valence-corrected chi connectivity index (χ4v) is 3.99. The number of rotatable bonds is 6. The second kappa shape index (κ2) is 9.15. The second-order valence-electron chi connectivity index (χ2n) is 7.57. The summed E-state index contributed by atoms with van der Waals surface area (Å²) in [5, 5.41) is 2.81. The van der Waals surface area contributed by atoms with E-state index in [1.54, 1.807) is 19.4 Å². The summed E-state index contributed by atoms with van der Waals surface area (Å²) in [6, 6.07) is 18.1. The van der Waals surface area contributed by atoms with Crippen molar-refractivity contribution in [1.82, 2.24) is 20.2 Å². The van der Waals surface area contributed by atoms with E-state index in [0.717, 1.165) is 28.9 Å². The van der Waals surface area contributed by atoms with E-state index in [0.29, 0.717) is 26.1 Å². The molecule has 30 heavy (non-hydrogen) atoms. The van der Waals surface area contributed by atoms with Crippen LogP contribution in [0.15, 0.2) is 73.2 Å². The van der Waals surface area contributed by atoms with Gasteiger partial charge in [0.05, 0.1) is 12.3 Å². The van der Waals surface area contributed by atoms with E-state index >= 15 is 0 Å². The summed E-state index contributed by atoms with van der Waals surface area (Å²) in [5.74, 6) is -0.0972. The maximum absolute atomic E-state index is 13.0. The van der Waals surface area contributed by atoms with Crippen molar-refractivity contribution < 1.29 is 9.53 Å². The number of hydrogen-bond acceptors (Lipinski definition) is 5. The van der Waals surface area contributed by atoms with Crippen molar-refractivity contribution in [1.29, 1.82) is 0 Å². The fraction of sp³-hybridized carbons (Fsp3) is 0.292. The van der Waals surface area contributed by atoms with Crippen LogP contribution < -0.4 is 5.32 Å². The molecule has 1 aliphatic heterocycles. The molecule has 3 aromatic rings. The fourth-order valence-electron chi connectivity index (χ4n) is 3.99. The first kappa shape index (κ1) is 20.2. The summed E-state index contributed by atoms with van der Waals surface area (Å²) >= 11 is 0. The zero-order valence-electron chi connectivity index (χ0n) is 17.1. The number of morpholine rings is 1. The minimum atomic E-state index is -0.935. The first-order chi connectivity index (χ1) is 14.7. The number of ether oxygens (including phenoxy) is 1. The standard InChI is InChI=1S/C24H26N4O2/c1-25-23(29)24(18-28(12-13-30-24)17-22-9-2-3-11-27-22)15-19-6-4-7-20(14-19)21-8-5-10-26-16-21/h2-11,14,16H,12-13,15,17-18H2,1H3,(H,25,29)/t24-/m0/s1. The molecule has 0 saturated carbocycles. The highest BCUT2D eigenvalue weighted by molar-refractivity contribution is 5.86. The van der Waals surface area contributed by atoms with E-state index in [9.17, 15) is 4.79 Å². The van der Waals surface area contributed by atoms with E-state index in [1.807, 2.05) is 48.7 Å². The van der Waals surface area contributed by atoms with Gasteiger partial charge < -0.3 is 10.1 Å². The first-order valence-corrected chi connectivity index (χ1v) is 10.2. The Morgan fingerprint density at radius 3 is 2.80 bits per heavy atom. The third kappa shape index (κ3) is 4.56. The number of likely N-dealkylation sites (N-methyl/N-ethyl adjacent to an activating group) is 1. The molecular weight excluding hydrogens is 376 g/mol. The molecular formula is C24H26N4O2. The molecule has 1 fully saturated rings. The number of pyridine rings is 2. The van der Waals surface area contributed by atoms with Crippen molar-refractivity contribution in [3.63, 3.8) is 0 Å². The molecule has 0 spiro atoms. The average Bonchev–Trinajstić information content (AvgIpc) is 2.80. The van der Waals surface area contributed by atoms with Gasteiger partial charge in [-0.05, 0) is 34.9 Å². The summed E-state index contributed by atoms with van der Waals surface area (Å²) in [6.07, 6.45) is 5.91. The van der Waals surface area contributed by atoms with Gasteiger partial charge in [-0.1, -0.05) is 36.4 Å². The minimum Gasteiger partial charge on any atom is -0.362 e. The minimum absolute atomic E-state index is 0.0972. The van der Waals surface area contributed by atoms with Crippen LogP contribution in [-0.2, 0) is 22.5 Å². The van der Waals surface area contributed by atoms with Crippen LogP contribution in [0.5, 0.6) is 0 Å². The Kier molecular flexibility index (Phi) is 6.16. The quantitative estimate of drug-likeness (QED) is 0.687. The predicted molar refractivity (Wildman–Crippen MR) is 116 cm³/mol. The summed E-state index contributed by atoms with van der Waals surface area (Å²) in [4.78, 5) is 23.8. The van der Waals surface area contributed by atoms with E-state index in [2.05, 4.69) is 32.3 Å². The maximum Gasteiger partial charge on any atom is 0.253 e. The lowest BCUT2D eigenvalue weighted by Gasteiger charge is -2.41. The molecule has 1 atom stereocenters. The van der Waals surface area contributed by atoms with Crippen LogP contribution in [0.3, 0.4) is 0 Å². The lowest BCUT2D eigenvalue weighted by atomic mass is 9.90. The lowest BCUT2D eigenvalue weighted by molar-refractivity contribution is -0.160. The van der Waals surface area contributed by atoms with Gasteiger partial charge in [-0.15, -0.1) is 0 Å². The van der Waals surface area contributed by atoms with Crippen molar-refractivity contribution in [3.05, 3.63) is 84.4 Å². The highest BCUT2D eigenvalue weighted by Gasteiger charge is 2.43. The van der Waals surface area contributed by atoms with E-state index in [1.165, 1.54) is 0 Å². The Balaban J connectivity index is 1.57. The van der Waals surface area contributed by atoms with Gasteiger partial charge in [-0.3, -0.25) is 19.7 Å². The van der Waals surface area contributed by atoms with Gasteiger partial charge in [-0.2, -0.15) is 0 Å². The molecule has 1 saturated heterocycles. The molecule has 1 aliphatic rings. The van der Waals surface area contributed by atoms with Gasteiger partial charge in [0.15, 0.2) is 5.60 Å². The molecule has 4 rings (SSSR count). The number of hydrogen-bond donors (Lipinski definition) is 1. The molecule has 0 bridgehead atoms. The summed E-state index contributed by atoms with van der Waals surface area (Å²) in [7, 11) is 1.66. The zero-order chi connectivity index (χ0) is 20.8. The van der Waals surface area contributed by atoms with Crippen LogP contribution in [0.2, 0.25) is 0 Å². The Labute approximate surface area is 176 Å². The van der Waals surface area contributed by atoms with Gasteiger partial charge in [0.25, 0.3) is 5.91 Å². The number of benzene rings is 1. The van der Waals surface area contributed by atoms with Gasteiger partial charge >= 0.3 is 0 Å². The number of carbonyl (C=O) groups excluding carboxylic acids is 1. The maximum atomic E-state index is 13.0. The third-order valence-electron chi connectivity index (χ3n) is 5.43. The van der Waals surface area contributed by atoms with Crippen molar-refractivity contribution >= 4 is 5.91 Å². The Bertz CT molecular complexity index is 981. The monoisotopic (exact) mass is 402 g/mol. The number of nitrogens with one attached hydrogen (secondary N) is 1. The van der Waals surface area contributed by atoms with Gasteiger partial charge in [-0.25, -0.2) is 0 Å². The molecule has 154 valence electrons. The van der Waals surface area contributed by atoms with Crippen molar-refractivity contribution in [3.8, 4) is 11.1 Å². The van der Waals surface area contributed by atoms with Crippen LogP contribution in [0.25, 0.3) is 11.1 Å². The highest BCUT2D eigenvalue weighted by atomic mass is 16.5. The molecule has 1 N–H and O–H groups in total. The van der Waals surface area contributed by atoms with Crippen molar-refractivity contribution in [2.24, 2.45) is 0 Å². The first-order valence-electron chi connectivity index (χ1n) is 10.2. The second-order valence-corrected chi connectivity index (χ2v) is 7.57. The number of amides is 1. The number of nitrogens with zero attached hydrogens (tertiary/aromatic N) is 3. The lowest BCUT2D eigenvalue weighted by Crippen LogP contribution is -2.60. The molecule has 6 heteroatoms. The predicted octanol–water partition coefficient (Wildman–Crippen LogP) is 2.70. The molecule has 6 nitrogen and oxygen atoms in total. The van der Waals surface area contributed by atoms with Gasteiger partial charge in [0.1, 0.15) is 0 Å². The zero-order valence-corrected chi connectivity index (χ0v) is 17.1. The van der Waals surface area contributed by atoms with Crippen LogP contribution in [0.1, 0.15) is 11.3 Å².